The third-order valence-electron chi connectivity index (χ3n) is 3.22. The summed E-state index contributed by atoms with van der Waals surface area (Å²) < 4.78 is 43.8. The van der Waals surface area contributed by atoms with Crippen molar-refractivity contribution in [3.63, 3.8) is 0 Å². The van der Waals surface area contributed by atoms with E-state index >= 15 is 0 Å². The summed E-state index contributed by atoms with van der Waals surface area (Å²) in [6.07, 6.45) is -3.31. The maximum absolute atomic E-state index is 12.8. The average Bonchev–Trinajstić information content (AvgIpc) is 2.94. The van der Waals surface area contributed by atoms with E-state index in [0.29, 0.717) is 12.2 Å². The minimum Gasteiger partial charge on any atom is -0.466 e. The van der Waals surface area contributed by atoms with Gasteiger partial charge in [-0.3, -0.25) is 4.79 Å². The van der Waals surface area contributed by atoms with Crippen molar-refractivity contribution in [1.82, 2.24) is 0 Å². The monoisotopic (exact) mass is 345 g/mol. The Hall–Kier alpha value is -1.95. The normalized spacial score (nSPS) is 11.5. The van der Waals surface area contributed by atoms with E-state index < -0.39 is 22.7 Å². The van der Waals surface area contributed by atoms with Crippen molar-refractivity contribution in [1.29, 1.82) is 0 Å². The van der Waals surface area contributed by atoms with Crippen LogP contribution in [0.3, 0.4) is 0 Å². The Bertz CT molecular complexity index is 695. The first kappa shape index (κ1) is 17.4. The highest BCUT2D eigenvalue weighted by Gasteiger charge is 2.33. The second-order valence-corrected chi connectivity index (χ2v) is 5.37. The topological polar surface area (TPSA) is 42.2 Å². The molecule has 0 fully saturated rings. The van der Waals surface area contributed by atoms with E-state index in [0.717, 1.165) is 24.3 Å². The Morgan fingerprint density at radius 2 is 1.91 bits per heavy atom. The van der Waals surface area contributed by atoms with Crippen LogP contribution >= 0.6 is 11.6 Å². The lowest BCUT2D eigenvalue weighted by Gasteiger charge is -2.11. The minimum absolute atomic E-state index is 0.0559. The zero-order valence-electron chi connectivity index (χ0n) is 12.3. The summed E-state index contributed by atoms with van der Waals surface area (Å²) in [7, 11) is 0. The first-order valence-corrected chi connectivity index (χ1v) is 7.41. The number of nitrogens with one attached hydrogen (secondary N) is 1. The molecule has 23 heavy (non-hydrogen) atoms. The molecule has 1 amide bonds. The van der Waals surface area contributed by atoms with Crippen molar-refractivity contribution in [2.75, 3.05) is 5.32 Å². The van der Waals surface area contributed by atoms with Gasteiger partial charge in [-0.15, -0.1) is 0 Å². The number of aryl methyl sites for hydroxylation is 2. The summed E-state index contributed by atoms with van der Waals surface area (Å²) in [6.45, 7) is 1.95. The van der Waals surface area contributed by atoms with Crippen molar-refractivity contribution < 1.29 is 22.4 Å². The van der Waals surface area contributed by atoms with E-state index in [-0.39, 0.29) is 12.1 Å². The molecule has 0 aliphatic carbocycles. The maximum atomic E-state index is 12.8. The molecule has 1 aromatic heterocycles. The molecule has 0 aliphatic rings. The summed E-state index contributed by atoms with van der Waals surface area (Å²) >= 11 is 5.53. The Kier molecular flexibility index (Phi) is 5.36. The predicted octanol–water partition coefficient (Wildman–Crippen LogP) is 5.09. The number of rotatable bonds is 5. The Morgan fingerprint density at radius 3 is 2.52 bits per heavy atom. The number of anilines is 1. The smallest absolute Gasteiger partial charge is 0.417 e. The van der Waals surface area contributed by atoms with Crippen LogP contribution < -0.4 is 5.32 Å². The van der Waals surface area contributed by atoms with E-state index in [1.165, 1.54) is 6.07 Å². The lowest BCUT2D eigenvalue weighted by Crippen LogP contribution is -2.13. The standard InChI is InChI=1S/C16H15ClF3NO2/c1-2-11-4-5-12(23-11)6-8-15(22)21-10-3-7-14(17)13(9-10)16(18,19)20/h3-5,7,9H,2,6,8H2,1H3,(H,21,22). The predicted molar refractivity (Wildman–Crippen MR) is 81.5 cm³/mol. The van der Waals surface area contributed by atoms with E-state index in [4.69, 9.17) is 16.0 Å². The van der Waals surface area contributed by atoms with E-state index in [2.05, 4.69) is 5.32 Å². The van der Waals surface area contributed by atoms with Crippen LogP contribution in [0, 0.1) is 0 Å². The van der Waals surface area contributed by atoms with Gasteiger partial charge in [-0.2, -0.15) is 13.2 Å². The highest BCUT2D eigenvalue weighted by atomic mass is 35.5. The Labute approximate surface area is 136 Å². The molecule has 0 radical (unpaired) electrons. The Balaban J connectivity index is 1.97. The van der Waals surface area contributed by atoms with Gasteiger partial charge in [0.25, 0.3) is 0 Å². The van der Waals surface area contributed by atoms with Gasteiger partial charge in [0.15, 0.2) is 0 Å². The molecule has 1 aromatic carbocycles. The zero-order valence-corrected chi connectivity index (χ0v) is 13.1. The number of furan rings is 1. The van der Waals surface area contributed by atoms with Gasteiger partial charge in [0, 0.05) is 24.9 Å². The van der Waals surface area contributed by atoms with Crippen molar-refractivity contribution in [3.8, 4) is 0 Å². The van der Waals surface area contributed by atoms with Crippen LogP contribution in [0.1, 0.15) is 30.4 Å². The number of hydrogen-bond donors (Lipinski definition) is 1. The second kappa shape index (κ2) is 7.08. The molecule has 2 aromatic rings. The van der Waals surface area contributed by atoms with Crippen LogP contribution in [0.25, 0.3) is 0 Å². The Morgan fingerprint density at radius 1 is 1.22 bits per heavy atom. The number of halogens is 4. The molecule has 0 saturated carbocycles. The summed E-state index contributed by atoms with van der Waals surface area (Å²) in [6, 6.07) is 6.89. The van der Waals surface area contributed by atoms with Gasteiger partial charge < -0.3 is 9.73 Å². The van der Waals surface area contributed by atoms with Gasteiger partial charge in [-0.1, -0.05) is 18.5 Å². The molecule has 0 saturated heterocycles. The number of amides is 1. The quantitative estimate of drug-likeness (QED) is 0.820. The van der Waals surface area contributed by atoms with Gasteiger partial charge in [0.2, 0.25) is 5.91 Å². The van der Waals surface area contributed by atoms with E-state index in [1.54, 1.807) is 6.07 Å². The lowest BCUT2D eigenvalue weighted by atomic mass is 10.2. The first-order chi connectivity index (χ1) is 10.8. The van der Waals surface area contributed by atoms with Gasteiger partial charge in [-0.05, 0) is 30.3 Å². The molecule has 0 atom stereocenters. The van der Waals surface area contributed by atoms with Gasteiger partial charge >= 0.3 is 6.18 Å². The highest BCUT2D eigenvalue weighted by molar-refractivity contribution is 6.31. The van der Waals surface area contributed by atoms with E-state index in [9.17, 15) is 18.0 Å². The zero-order chi connectivity index (χ0) is 17.0. The average molecular weight is 346 g/mol. The first-order valence-electron chi connectivity index (χ1n) is 7.03. The fourth-order valence-corrected chi connectivity index (χ4v) is 2.25. The second-order valence-electron chi connectivity index (χ2n) is 4.96. The van der Waals surface area contributed by atoms with Crippen molar-refractivity contribution >= 4 is 23.2 Å². The summed E-state index contributed by atoms with van der Waals surface area (Å²) in [5, 5.41) is 2.03. The third kappa shape index (κ3) is 4.76. The van der Waals surface area contributed by atoms with Crippen LogP contribution in [-0.2, 0) is 23.8 Å². The van der Waals surface area contributed by atoms with Gasteiger partial charge in [-0.25, -0.2) is 0 Å². The number of carbonyl (C=O) groups is 1. The maximum Gasteiger partial charge on any atom is 0.417 e. The molecule has 2 rings (SSSR count). The van der Waals surface area contributed by atoms with Crippen LogP contribution in [-0.4, -0.2) is 5.91 Å². The molecular formula is C16H15ClF3NO2. The van der Waals surface area contributed by atoms with Crippen molar-refractivity contribution in [2.24, 2.45) is 0 Å². The number of benzene rings is 1. The van der Waals surface area contributed by atoms with Gasteiger partial charge in [0.1, 0.15) is 11.5 Å². The number of carbonyl (C=O) groups excluding carboxylic acids is 1. The molecule has 0 unspecified atom stereocenters. The summed E-state index contributed by atoms with van der Waals surface area (Å²) in [5.41, 5.74) is -0.920. The third-order valence-corrected chi connectivity index (χ3v) is 3.55. The molecule has 0 bridgehead atoms. The lowest BCUT2D eigenvalue weighted by molar-refractivity contribution is -0.137. The molecule has 124 valence electrons. The fraction of sp³-hybridized carbons (Fsp3) is 0.312. The van der Waals surface area contributed by atoms with Crippen molar-refractivity contribution in [2.45, 2.75) is 32.4 Å². The molecule has 0 spiro atoms. The largest absolute Gasteiger partial charge is 0.466 e. The van der Waals surface area contributed by atoms with Crippen LogP contribution in [0.15, 0.2) is 34.7 Å². The molecule has 3 nitrogen and oxygen atoms in total. The fourth-order valence-electron chi connectivity index (χ4n) is 2.03. The molecular weight excluding hydrogens is 331 g/mol. The molecule has 1 heterocycles. The van der Waals surface area contributed by atoms with Crippen molar-refractivity contribution in [3.05, 3.63) is 52.4 Å². The number of hydrogen-bond acceptors (Lipinski definition) is 2. The van der Waals surface area contributed by atoms with Crippen LogP contribution in [0.5, 0.6) is 0 Å². The van der Waals surface area contributed by atoms with Crippen LogP contribution in [0.4, 0.5) is 18.9 Å². The summed E-state index contributed by atoms with van der Waals surface area (Å²) in [4.78, 5) is 11.8. The SMILES string of the molecule is CCc1ccc(CCC(=O)Nc2ccc(Cl)c(C(F)(F)F)c2)o1. The molecule has 7 heteroatoms. The summed E-state index contributed by atoms with van der Waals surface area (Å²) in [5.74, 6) is 1.10. The molecule has 0 aliphatic heterocycles. The van der Waals surface area contributed by atoms with Gasteiger partial charge in [0.05, 0.1) is 10.6 Å². The minimum atomic E-state index is -4.57. The highest BCUT2D eigenvalue weighted by Crippen LogP contribution is 2.36. The number of alkyl halides is 3. The van der Waals surface area contributed by atoms with Crippen LogP contribution in [0.2, 0.25) is 5.02 Å². The molecule has 1 N–H and O–H groups in total. The van der Waals surface area contributed by atoms with E-state index in [1.807, 2.05) is 13.0 Å².